The number of ether oxygens (including phenoxy) is 2. The van der Waals surface area contributed by atoms with Crippen LogP contribution in [0.1, 0.15) is 30.2 Å². The smallest absolute Gasteiger partial charge is 0.374 e. The van der Waals surface area contributed by atoms with E-state index >= 15 is 0 Å². The molecule has 1 aromatic carbocycles. The number of para-hydroxylation sites is 1. The zero-order valence-electron chi connectivity index (χ0n) is 14.5. The fourth-order valence-corrected chi connectivity index (χ4v) is 1.90. The number of imide groups is 1. The molecular weight excluding hydrogens is 340 g/mol. The molecule has 138 valence electrons. The maximum Gasteiger partial charge on any atom is 0.374 e. The Bertz CT molecular complexity index is 754. The van der Waals surface area contributed by atoms with Crippen molar-refractivity contribution in [3.8, 4) is 5.75 Å². The molecule has 2 N–H and O–H groups in total. The molecule has 3 amide bonds. The van der Waals surface area contributed by atoms with Gasteiger partial charge >= 0.3 is 12.0 Å². The Balaban J connectivity index is 1.76. The Morgan fingerprint density at radius 1 is 1.08 bits per heavy atom. The van der Waals surface area contributed by atoms with Gasteiger partial charge in [0.1, 0.15) is 18.1 Å². The number of rotatable bonds is 7. The molecule has 0 spiro atoms. The van der Waals surface area contributed by atoms with E-state index in [1.54, 1.807) is 32.0 Å². The van der Waals surface area contributed by atoms with Crippen LogP contribution < -0.4 is 15.4 Å². The van der Waals surface area contributed by atoms with Crippen LogP contribution in [0.4, 0.5) is 4.79 Å². The van der Waals surface area contributed by atoms with Crippen LogP contribution in [0.3, 0.4) is 0 Å². The fourth-order valence-electron chi connectivity index (χ4n) is 1.90. The molecule has 2 rings (SSSR count). The van der Waals surface area contributed by atoms with E-state index in [0.717, 1.165) is 0 Å². The van der Waals surface area contributed by atoms with E-state index < -0.39 is 24.5 Å². The molecule has 0 aliphatic rings. The molecule has 0 unspecified atom stereocenters. The summed E-state index contributed by atoms with van der Waals surface area (Å²) < 4.78 is 15.6. The van der Waals surface area contributed by atoms with Gasteiger partial charge in [0.15, 0.2) is 6.61 Å². The second kappa shape index (κ2) is 9.26. The lowest BCUT2D eigenvalue weighted by atomic mass is 10.3. The summed E-state index contributed by atoms with van der Waals surface area (Å²) >= 11 is 0. The molecule has 0 fully saturated rings. The number of nitrogens with one attached hydrogen (secondary N) is 2. The number of urea groups is 1. The predicted octanol–water partition coefficient (Wildman–Crippen LogP) is 2.25. The van der Waals surface area contributed by atoms with Crippen LogP contribution in [0.15, 0.2) is 46.9 Å². The minimum absolute atomic E-state index is 0.0592. The van der Waals surface area contributed by atoms with E-state index in [-0.39, 0.29) is 18.4 Å². The summed E-state index contributed by atoms with van der Waals surface area (Å²) in [7, 11) is 0. The molecule has 2 aromatic rings. The molecule has 0 saturated heterocycles. The first kappa shape index (κ1) is 19.0. The molecule has 8 nitrogen and oxygen atoms in total. The summed E-state index contributed by atoms with van der Waals surface area (Å²) in [4.78, 5) is 34.8. The second-order valence-electron chi connectivity index (χ2n) is 5.62. The first-order valence-electron chi connectivity index (χ1n) is 7.98. The van der Waals surface area contributed by atoms with Crippen LogP contribution in [-0.2, 0) is 16.1 Å². The van der Waals surface area contributed by atoms with E-state index in [2.05, 4.69) is 5.32 Å². The maximum atomic E-state index is 11.9. The lowest BCUT2D eigenvalue weighted by Gasteiger charge is -2.09. The number of hydrogen-bond acceptors (Lipinski definition) is 6. The van der Waals surface area contributed by atoms with Gasteiger partial charge in [0.25, 0.3) is 5.91 Å². The highest BCUT2D eigenvalue weighted by molar-refractivity contribution is 5.96. The normalized spacial score (nSPS) is 10.3. The number of amides is 3. The van der Waals surface area contributed by atoms with Crippen molar-refractivity contribution in [1.82, 2.24) is 10.6 Å². The third-order valence-corrected chi connectivity index (χ3v) is 2.99. The summed E-state index contributed by atoms with van der Waals surface area (Å²) in [5, 5.41) is 4.52. The molecule has 1 aromatic heterocycles. The van der Waals surface area contributed by atoms with Crippen LogP contribution >= 0.6 is 0 Å². The SMILES string of the molecule is CC(C)NC(=O)NC(=O)COC(=O)c1ccc(COc2ccccc2)o1. The number of esters is 1. The Hall–Kier alpha value is -3.29. The number of carbonyl (C=O) groups excluding carboxylic acids is 3. The van der Waals surface area contributed by atoms with E-state index in [9.17, 15) is 14.4 Å². The average molecular weight is 360 g/mol. The zero-order valence-corrected chi connectivity index (χ0v) is 14.5. The van der Waals surface area contributed by atoms with Crippen molar-refractivity contribution < 1.29 is 28.3 Å². The van der Waals surface area contributed by atoms with Gasteiger partial charge in [-0.3, -0.25) is 10.1 Å². The highest BCUT2D eigenvalue weighted by Crippen LogP contribution is 2.14. The summed E-state index contributed by atoms with van der Waals surface area (Å²) in [5.41, 5.74) is 0. The minimum atomic E-state index is -0.810. The molecule has 1 heterocycles. The van der Waals surface area contributed by atoms with Gasteiger partial charge < -0.3 is 19.2 Å². The highest BCUT2D eigenvalue weighted by atomic mass is 16.6. The Labute approximate surface area is 150 Å². The molecule has 0 atom stereocenters. The summed E-state index contributed by atoms with van der Waals surface area (Å²) in [6.45, 7) is 3.05. The van der Waals surface area contributed by atoms with Crippen LogP contribution in [-0.4, -0.2) is 30.6 Å². The van der Waals surface area contributed by atoms with Crippen molar-refractivity contribution in [2.24, 2.45) is 0 Å². The highest BCUT2D eigenvalue weighted by Gasteiger charge is 2.16. The van der Waals surface area contributed by atoms with Gasteiger partial charge in [0, 0.05) is 6.04 Å². The predicted molar refractivity (Wildman–Crippen MR) is 91.6 cm³/mol. The van der Waals surface area contributed by atoms with Gasteiger partial charge in [0.05, 0.1) is 0 Å². The van der Waals surface area contributed by atoms with Crippen molar-refractivity contribution in [2.75, 3.05) is 6.61 Å². The van der Waals surface area contributed by atoms with E-state index in [1.165, 1.54) is 6.07 Å². The van der Waals surface area contributed by atoms with Gasteiger partial charge in [-0.05, 0) is 38.1 Å². The largest absolute Gasteiger partial charge is 0.486 e. The van der Waals surface area contributed by atoms with Crippen molar-refractivity contribution in [2.45, 2.75) is 26.5 Å². The molecule has 26 heavy (non-hydrogen) atoms. The molecule has 0 saturated carbocycles. The molecule has 0 radical (unpaired) electrons. The Morgan fingerprint density at radius 2 is 1.81 bits per heavy atom. The molecule has 0 aliphatic heterocycles. The monoisotopic (exact) mass is 360 g/mol. The topological polar surface area (TPSA) is 107 Å². The standard InChI is InChI=1S/C18H20N2O6/c1-12(2)19-18(23)20-16(21)11-25-17(22)15-9-8-14(26-15)10-24-13-6-4-3-5-7-13/h3-9,12H,10-11H2,1-2H3,(H2,19,20,21,23). The fraction of sp³-hybridized carbons (Fsp3) is 0.278. The first-order valence-corrected chi connectivity index (χ1v) is 7.98. The van der Waals surface area contributed by atoms with E-state index in [0.29, 0.717) is 11.5 Å². The van der Waals surface area contributed by atoms with Crippen LogP contribution in [0.25, 0.3) is 0 Å². The summed E-state index contributed by atoms with van der Waals surface area (Å²) in [6.07, 6.45) is 0. The van der Waals surface area contributed by atoms with Gasteiger partial charge in [0.2, 0.25) is 5.76 Å². The van der Waals surface area contributed by atoms with Gasteiger partial charge in [-0.15, -0.1) is 0 Å². The van der Waals surface area contributed by atoms with Gasteiger partial charge in [-0.1, -0.05) is 18.2 Å². The van der Waals surface area contributed by atoms with Crippen molar-refractivity contribution in [3.05, 3.63) is 54.0 Å². The lowest BCUT2D eigenvalue weighted by molar-refractivity contribution is -0.123. The van der Waals surface area contributed by atoms with Gasteiger partial charge in [-0.2, -0.15) is 0 Å². The number of furan rings is 1. The minimum Gasteiger partial charge on any atom is -0.486 e. The van der Waals surface area contributed by atoms with Crippen LogP contribution in [0, 0.1) is 0 Å². The molecular formula is C18H20N2O6. The van der Waals surface area contributed by atoms with Gasteiger partial charge in [-0.25, -0.2) is 9.59 Å². The van der Waals surface area contributed by atoms with Crippen LogP contribution in [0.5, 0.6) is 5.75 Å². The van der Waals surface area contributed by atoms with Crippen LogP contribution in [0.2, 0.25) is 0 Å². The van der Waals surface area contributed by atoms with Crippen molar-refractivity contribution >= 4 is 17.9 Å². The van der Waals surface area contributed by atoms with E-state index in [4.69, 9.17) is 13.9 Å². The third kappa shape index (κ3) is 6.31. The molecule has 8 heteroatoms. The third-order valence-electron chi connectivity index (χ3n) is 2.99. The second-order valence-corrected chi connectivity index (χ2v) is 5.62. The zero-order chi connectivity index (χ0) is 18.9. The lowest BCUT2D eigenvalue weighted by Crippen LogP contribution is -2.44. The maximum absolute atomic E-state index is 11.9. The number of hydrogen-bond donors (Lipinski definition) is 2. The number of carbonyl (C=O) groups is 3. The quantitative estimate of drug-likeness (QED) is 0.734. The molecule has 0 bridgehead atoms. The molecule has 0 aliphatic carbocycles. The Kier molecular flexibility index (Phi) is 6.78. The van der Waals surface area contributed by atoms with Crippen molar-refractivity contribution in [1.29, 1.82) is 0 Å². The summed E-state index contributed by atoms with van der Waals surface area (Å²) in [5.74, 6) is -0.506. The first-order chi connectivity index (χ1) is 12.4. The summed E-state index contributed by atoms with van der Waals surface area (Å²) in [6, 6.07) is 11.4. The average Bonchev–Trinajstić information content (AvgIpc) is 3.07. The van der Waals surface area contributed by atoms with E-state index in [1.807, 2.05) is 23.5 Å². The van der Waals surface area contributed by atoms with Crippen molar-refractivity contribution in [3.63, 3.8) is 0 Å². The Morgan fingerprint density at radius 3 is 2.50 bits per heavy atom. The number of benzene rings is 1.